The highest BCUT2D eigenvalue weighted by Gasteiger charge is 2.42. The van der Waals surface area contributed by atoms with E-state index in [1.54, 1.807) is 31.3 Å². The van der Waals surface area contributed by atoms with Crippen molar-refractivity contribution >= 4 is 17.7 Å². The summed E-state index contributed by atoms with van der Waals surface area (Å²) in [6.07, 6.45) is -2.28. The highest BCUT2D eigenvalue weighted by atomic mass is 19.4. The lowest BCUT2D eigenvalue weighted by Crippen LogP contribution is -2.48. The molecule has 9 nitrogen and oxygen atoms in total. The second-order valence-corrected chi connectivity index (χ2v) is 10.8. The molecule has 12 heteroatoms. The Hall–Kier alpha value is -3.48. The van der Waals surface area contributed by atoms with Crippen molar-refractivity contribution in [3.8, 4) is 0 Å². The summed E-state index contributed by atoms with van der Waals surface area (Å²) in [6, 6.07) is 10.9. The molecule has 228 valence electrons. The molecule has 4 N–H and O–H groups in total. The predicted octanol–water partition coefficient (Wildman–Crippen LogP) is 2.83. The zero-order valence-corrected chi connectivity index (χ0v) is 23.7. The van der Waals surface area contributed by atoms with Crippen LogP contribution < -0.4 is 16.0 Å². The van der Waals surface area contributed by atoms with Crippen LogP contribution in [0.3, 0.4) is 0 Å². The lowest BCUT2D eigenvalue weighted by molar-refractivity contribution is -0.137. The number of ether oxygens (including phenoxy) is 1. The zero-order valence-electron chi connectivity index (χ0n) is 23.7. The third-order valence-corrected chi connectivity index (χ3v) is 8.09. The van der Waals surface area contributed by atoms with Gasteiger partial charge in [-0.2, -0.15) is 13.2 Å². The molecular formula is C30H37F3N4O5. The maximum atomic E-state index is 13.0. The van der Waals surface area contributed by atoms with Gasteiger partial charge in [0.05, 0.1) is 29.9 Å². The number of alkyl halides is 3. The van der Waals surface area contributed by atoms with Crippen molar-refractivity contribution in [2.24, 2.45) is 0 Å². The Morgan fingerprint density at radius 1 is 1.02 bits per heavy atom. The minimum atomic E-state index is -4.58. The van der Waals surface area contributed by atoms with E-state index in [2.05, 4.69) is 20.9 Å². The first-order valence-electron chi connectivity index (χ1n) is 14.1. The van der Waals surface area contributed by atoms with E-state index in [1.165, 1.54) is 6.07 Å². The first kappa shape index (κ1) is 31.5. The molecule has 0 bridgehead atoms. The second-order valence-electron chi connectivity index (χ2n) is 10.8. The highest BCUT2D eigenvalue weighted by Crippen LogP contribution is 2.39. The number of aliphatic hydroxyl groups is 1. The number of hydrogen-bond donors (Lipinski definition) is 4. The van der Waals surface area contributed by atoms with Crippen molar-refractivity contribution < 1.29 is 37.4 Å². The Morgan fingerprint density at radius 2 is 1.71 bits per heavy atom. The Kier molecular flexibility index (Phi) is 9.90. The van der Waals surface area contributed by atoms with Gasteiger partial charge in [0.15, 0.2) is 0 Å². The average Bonchev–Trinajstić information content (AvgIpc) is 3.37. The van der Waals surface area contributed by atoms with Gasteiger partial charge in [-0.15, -0.1) is 0 Å². The quantitative estimate of drug-likeness (QED) is 0.357. The van der Waals surface area contributed by atoms with Crippen LogP contribution in [-0.2, 0) is 21.3 Å². The molecule has 1 aliphatic carbocycles. The number of benzene rings is 2. The van der Waals surface area contributed by atoms with Gasteiger partial charge in [-0.3, -0.25) is 19.3 Å². The van der Waals surface area contributed by atoms with E-state index >= 15 is 0 Å². The number of halogens is 3. The second kappa shape index (κ2) is 13.2. The van der Waals surface area contributed by atoms with E-state index in [0.29, 0.717) is 38.1 Å². The molecule has 0 spiro atoms. The van der Waals surface area contributed by atoms with Gasteiger partial charge in [-0.05, 0) is 68.5 Å². The molecule has 2 aromatic rings. The van der Waals surface area contributed by atoms with Gasteiger partial charge in [0.25, 0.3) is 11.8 Å². The van der Waals surface area contributed by atoms with Gasteiger partial charge in [-0.25, -0.2) is 0 Å². The molecule has 0 radical (unpaired) electrons. The number of carbonyl (C=O) groups is 3. The van der Waals surface area contributed by atoms with Crippen molar-refractivity contribution in [1.82, 2.24) is 20.9 Å². The first-order valence-corrected chi connectivity index (χ1v) is 14.1. The van der Waals surface area contributed by atoms with Gasteiger partial charge in [0.2, 0.25) is 5.91 Å². The van der Waals surface area contributed by atoms with Gasteiger partial charge >= 0.3 is 6.18 Å². The number of nitrogens with one attached hydrogen (secondary N) is 3. The number of rotatable bonds is 9. The minimum Gasteiger partial charge on any atom is -0.385 e. The van der Waals surface area contributed by atoms with E-state index in [0.717, 1.165) is 36.6 Å². The molecule has 42 heavy (non-hydrogen) atoms. The van der Waals surface area contributed by atoms with E-state index in [-0.39, 0.29) is 36.2 Å². The zero-order chi connectivity index (χ0) is 30.5. The van der Waals surface area contributed by atoms with E-state index in [4.69, 9.17) is 4.74 Å². The third-order valence-electron chi connectivity index (χ3n) is 8.09. The Bertz CT molecular complexity index is 1260. The van der Waals surface area contributed by atoms with Gasteiger partial charge in [0, 0.05) is 43.9 Å². The summed E-state index contributed by atoms with van der Waals surface area (Å²) >= 11 is 0. The lowest BCUT2D eigenvalue weighted by Gasteiger charge is -2.40. The molecular weight excluding hydrogens is 553 g/mol. The van der Waals surface area contributed by atoms with Crippen LogP contribution in [0, 0.1) is 0 Å². The van der Waals surface area contributed by atoms with Crippen LogP contribution in [0.15, 0.2) is 48.5 Å². The average molecular weight is 591 g/mol. The molecule has 1 saturated carbocycles. The van der Waals surface area contributed by atoms with Crippen molar-refractivity contribution in [3.63, 3.8) is 0 Å². The molecule has 2 atom stereocenters. The van der Waals surface area contributed by atoms with Crippen LogP contribution in [0.25, 0.3) is 0 Å². The van der Waals surface area contributed by atoms with Crippen molar-refractivity contribution in [3.05, 3.63) is 70.8 Å². The fraction of sp³-hybridized carbons (Fsp3) is 0.500. The SMILES string of the molecule is CCO[C@H]1CN(C2CCC(O)(c3ccc(C(=O)NC)cc3)CC2)C[C@@H]1NC(=O)CNC(=O)c1cccc(C(F)(F)F)c1. The number of hydrogen-bond acceptors (Lipinski definition) is 6. The monoisotopic (exact) mass is 590 g/mol. The first-order chi connectivity index (χ1) is 19.9. The molecule has 2 aliphatic rings. The van der Waals surface area contributed by atoms with Gasteiger partial charge < -0.3 is 25.8 Å². The Labute approximate surface area is 242 Å². The normalized spacial score (nSPS) is 24.7. The molecule has 0 unspecified atom stereocenters. The number of likely N-dealkylation sites (tertiary alicyclic amines) is 1. The van der Waals surface area contributed by atoms with E-state index < -0.39 is 29.2 Å². The maximum absolute atomic E-state index is 13.0. The Balaban J connectivity index is 1.30. The van der Waals surface area contributed by atoms with Crippen molar-refractivity contribution in [2.75, 3.05) is 33.3 Å². The number of carbonyl (C=O) groups excluding carboxylic acids is 3. The van der Waals surface area contributed by atoms with Gasteiger partial charge in [-0.1, -0.05) is 18.2 Å². The van der Waals surface area contributed by atoms with Crippen LogP contribution in [0.1, 0.15) is 64.4 Å². The van der Waals surface area contributed by atoms with E-state index in [1.807, 2.05) is 6.92 Å². The smallest absolute Gasteiger partial charge is 0.385 e. The van der Waals surface area contributed by atoms with E-state index in [9.17, 15) is 32.7 Å². The third kappa shape index (κ3) is 7.47. The maximum Gasteiger partial charge on any atom is 0.416 e. The largest absolute Gasteiger partial charge is 0.416 e. The van der Waals surface area contributed by atoms with Crippen molar-refractivity contribution in [2.45, 2.75) is 62.6 Å². The molecule has 2 fully saturated rings. The standard InChI is InChI=1S/C30H37F3N4O5/c1-3-42-25-18-37(23-11-13-29(41,14-12-23)21-9-7-19(8-10-21)27(39)34-2)17-24(25)36-26(38)16-35-28(40)20-5-4-6-22(15-20)30(31,32)33/h4-10,15,23-25,41H,3,11-14,16-18H2,1-2H3,(H,34,39)(H,35,40)(H,36,38)/t23?,24-,25-,29?/m0/s1. The summed E-state index contributed by atoms with van der Waals surface area (Å²) in [6.45, 7) is 3.06. The molecule has 0 aromatic heterocycles. The van der Waals surface area contributed by atoms with Crippen LogP contribution in [0.2, 0.25) is 0 Å². The minimum absolute atomic E-state index is 0.181. The lowest BCUT2D eigenvalue weighted by atomic mass is 9.77. The van der Waals surface area contributed by atoms with Crippen LogP contribution in [0.5, 0.6) is 0 Å². The highest BCUT2D eigenvalue weighted by molar-refractivity contribution is 5.96. The summed E-state index contributed by atoms with van der Waals surface area (Å²) < 4.78 is 44.8. The van der Waals surface area contributed by atoms with Crippen LogP contribution in [0.4, 0.5) is 13.2 Å². The molecule has 1 saturated heterocycles. The number of amides is 3. The molecule has 4 rings (SSSR count). The Morgan fingerprint density at radius 3 is 2.33 bits per heavy atom. The molecule has 3 amide bonds. The molecule has 2 aromatic carbocycles. The summed E-state index contributed by atoms with van der Waals surface area (Å²) in [5.41, 5.74) is -0.801. The molecule has 1 aliphatic heterocycles. The summed E-state index contributed by atoms with van der Waals surface area (Å²) in [5, 5.41) is 19.2. The van der Waals surface area contributed by atoms with Crippen molar-refractivity contribution in [1.29, 1.82) is 0 Å². The number of nitrogens with zero attached hydrogens (tertiary/aromatic N) is 1. The fourth-order valence-corrected chi connectivity index (χ4v) is 5.79. The predicted molar refractivity (Wildman–Crippen MR) is 149 cm³/mol. The fourth-order valence-electron chi connectivity index (χ4n) is 5.79. The topological polar surface area (TPSA) is 120 Å². The van der Waals surface area contributed by atoms with Crippen LogP contribution >= 0.6 is 0 Å². The summed E-state index contributed by atoms with van der Waals surface area (Å²) in [7, 11) is 1.57. The molecule has 1 heterocycles. The van der Waals surface area contributed by atoms with Crippen LogP contribution in [-0.4, -0.2) is 79.2 Å². The summed E-state index contributed by atoms with van der Waals surface area (Å²) in [4.78, 5) is 39.1. The van der Waals surface area contributed by atoms with Gasteiger partial charge in [0.1, 0.15) is 0 Å². The summed E-state index contributed by atoms with van der Waals surface area (Å²) in [5.74, 6) is -1.43.